The highest BCUT2D eigenvalue weighted by molar-refractivity contribution is 5.95. The van der Waals surface area contributed by atoms with E-state index in [1.54, 1.807) is 13.2 Å². The fraction of sp³-hybridized carbons (Fsp3) is 0.462. The summed E-state index contributed by atoms with van der Waals surface area (Å²) in [6.07, 6.45) is 0.774. The van der Waals surface area contributed by atoms with E-state index in [0.29, 0.717) is 24.6 Å². The van der Waals surface area contributed by atoms with Crippen molar-refractivity contribution in [3.8, 4) is 0 Å². The molecule has 0 aliphatic carbocycles. The second kappa shape index (κ2) is 7.68. The Morgan fingerprint density at radius 1 is 1.39 bits per heavy atom. The molecule has 0 heterocycles. The minimum atomic E-state index is -0.201. The first-order valence-corrected chi connectivity index (χ1v) is 5.86. The standard InChI is InChI=1S/C13H20N2O3/c1-10-5-3-6-11(14)13(10)15-12(16)9-18-8-4-7-17-2/h3,5-6H,4,7-9,14H2,1-2H3,(H,15,16). The summed E-state index contributed by atoms with van der Waals surface area (Å²) in [5, 5.41) is 2.75. The summed E-state index contributed by atoms with van der Waals surface area (Å²) in [5.41, 5.74) is 7.94. The zero-order chi connectivity index (χ0) is 13.4. The minimum absolute atomic E-state index is 0.0253. The molecule has 18 heavy (non-hydrogen) atoms. The molecule has 1 aromatic carbocycles. The summed E-state index contributed by atoms with van der Waals surface area (Å²) in [7, 11) is 1.63. The molecule has 0 unspecified atom stereocenters. The lowest BCUT2D eigenvalue weighted by Crippen LogP contribution is -2.20. The van der Waals surface area contributed by atoms with Crippen LogP contribution >= 0.6 is 0 Å². The molecule has 0 aliphatic rings. The number of ether oxygens (including phenoxy) is 2. The predicted octanol–water partition coefficient (Wildman–Crippen LogP) is 1.57. The van der Waals surface area contributed by atoms with Crippen LogP contribution in [0.5, 0.6) is 0 Å². The molecule has 5 heteroatoms. The number of nitrogens with two attached hydrogens (primary N) is 1. The first-order valence-electron chi connectivity index (χ1n) is 5.86. The van der Waals surface area contributed by atoms with E-state index in [1.165, 1.54) is 0 Å². The summed E-state index contributed by atoms with van der Waals surface area (Å²) in [6, 6.07) is 5.50. The van der Waals surface area contributed by atoms with Crippen LogP contribution in [0.15, 0.2) is 18.2 Å². The van der Waals surface area contributed by atoms with Crippen LogP contribution in [-0.2, 0) is 14.3 Å². The van der Waals surface area contributed by atoms with Gasteiger partial charge in [0.15, 0.2) is 0 Å². The van der Waals surface area contributed by atoms with Gasteiger partial charge in [-0.15, -0.1) is 0 Å². The van der Waals surface area contributed by atoms with Crippen LogP contribution in [0.4, 0.5) is 11.4 Å². The van der Waals surface area contributed by atoms with E-state index in [2.05, 4.69) is 5.32 Å². The average molecular weight is 252 g/mol. The Hall–Kier alpha value is -1.59. The molecule has 1 rings (SSSR count). The fourth-order valence-corrected chi connectivity index (χ4v) is 1.51. The predicted molar refractivity (Wildman–Crippen MR) is 71.5 cm³/mol. The van der Waals surface area contributed by atoms with Crippen molar-refractivity contribution in [2.24, 2.45) is 0 Å². The van der Waals surface area contributed by atoms with E-state index in [9.17, 15) is 4.79 Å². The first-order chi connectivity index (χ1) is 8.65. The molecule has 0 saturated heterocycles. The number of rotatable bonds is 7. The Balaban J connectivity index is 2.36. The highest BCUT2D eigenvalue weighted by Crippen LogP contribution is 2.22. The topological polar surface area (TPSA) is 73.6 Å². The van der Waals surface area contributed by atoms with Gasteiger partial charge in [-0.05, 0) is 25.0 Å². The molecule has 1 aromatic rings. The number of benzene rings is 1. The maximum Gasteiger partial charge on any atom is 0.250 e. The molecule has 0 fully saturated rings. The molecule has 5 nitrogen and oxygen atoms in total. The largest absolute Gasteiger partial charge is 0.397 e. The third kappa shape index (κ3) is 4.73. The van der Waals surface area contributed by atoms with Crippen LogP contribution in [0, 0.1) is 6.92 Å². The second-order valence-electron chi connectivity index (χ2n) is 3.99. The molecule has 0 aromatic heterocycles. The van der Waals surface area contributed by atoms with Gasteiger partial charge in [0.2, 0.25) is 5.91 Å². The van der Waals surface area contributed by atoms with E-state index in [4.69, 9.17) is 15.2 Å². The highest BCUT2D eigenvalue weighted by Gasteiger charge is 2.07. The summed E-state index contributed by atoms with van der Waals surface area (Å²) < 4.78 is 10.1. The van der Waals surface area contributed by atoms with Gasteiger partial charge in [-0.1, -0.05) is 12.1 Å². The molecule has 0 spiro atoms. The molecular formula is C13H20N2O3. The van der Waals surface area contributed by atoms with E-state index in [0.717, 1.165) is 12.0 Å². The van der Waals surface area contributed by atoms with Crippen LogP contribution in [0.3, 0.4) is 0 Å². The molecule has 0 atom stereocenters. The third-order valence-electron chi connectivity index (χ3n) is 2.44. The van der Waals surface area contributed by atoms with Crippen molar-refractivity contribution in [2.45, 2.75) is 13.3 Å². The molecule has 0 saturated carbocycles. The lowest BCUT2D eigenvalue weighted by molar-refractivity contribution is -0.120. The third-order valence-corrected chi connectivity index (χ3v) is 2.44. The number of aryl methyl sites for hydroxylation is 1. The van der Waals surface area contributed by atoms with Crippen LogP contribution < -0.4 is 11.1 Å². The zero-order valence-corrected chi connectivity index (χ0v) is 10.9. The van der Waals surface area contributed by atoms with Crippen LogP contribution in [0.1, 0.15) is 12.0 Å². The number of hydrogen-bond acceptors (Lipinski definition) is 4. The summed E-state index contributed by atoms with van der Waals surface area (Å²) in [6.45, 7) is 3.06. The van der Waals surface area contributed by atoms with Gasteiger partial charge in [0.25, 0.3) is 0 Å². The number of hydrogen-bond donors (Lipinski definition) is 2. The number of carbonyl (C=O) groups excluding carboxylic acids is 1. The van der Waals surface area contributed by atoms with Crippen molar-refractivity contribution in [2.75, 3.05) is 38.0 Å². The Labute approximate surface area is 107 Å². The van der Waals surface area contributed by atoms with Crippen LogP contribution in [0.25, 0.3) is 0 Å². The monoisotopic (exact) mass is 252 g/mol. The average Bonchev–Trinajstić information content (AvgIpc) is 2.34. The maximum absolute atomic E-state index is 11.6. The Morgan fingerprint density at radius 2 is 2.17 bits per heavy atom. The fourth-order valence-electron chi connectivity index (χ4n) is 1.51. The second-order valence-corrected chi connectivity index (χ2v) is 3.99. The number of amides is 1. The van der Waals surface area contributed by atoms with Gasteiger partial charge >= 0.3 is 0 Å². The van der Waals surface area contributed by atoms with Crippen molar-refractivity contribution in [1.82, 2.24) is 0 Å². The highest BCUT2D eigenvalue weighted by atomic mass is 16.5. The van der Waals surface area contributed by atoms with Crippen LogP contribution in [-0.4, -0.2) is 32.8 Å². The molecule has 0 aliphatic heterocycles. The molecule has 3 N–H and O–H groups in total. The molecule has 100 valence electrons. The van der Waals surface area contributed by atoms with Gasteiger partial charge in [0.1, 0.15) is 6.61 Å². The number of anilines is 2. The van der Waals surface area contributed by atoms with Crippen LogP contribution in [0.2, 0.25) is 0 Å². The van der Waals surface area contributed by atoms with Gasteiger partial charge < -0.3 is 20.5 Å². The van der Waals surface area contributed by atoms with Gasteiger partial charge in [-0.2, -0.15) is 0 Å². The van der Waals surface area contributed by atoms with E-state index >= 15 is 0 Å². The van der Waals surface area contributed by atoms with Gasteiger partial charge in [0, 0.05) is 20.3 Å². The van der Waals surface area contributed by atoms with Crippen molar-refractivity contribution in [1.29, 1.82) is 0 Å². The molecule has 0 bridgehead atoms. The maximum atomic E-state index is 11.6. The summed E-state index contributed by atoms with van der Waals surface area (Å²) in [5.74, 6) is -0.201. The lowest BCUT2D eigenvalue weighted by atomic mass is 10.1. The lowest BCUT2D eigenvalue weighted by Gasteiger charge is -2.11. The number of methoxy groups -OCH3 is 1. The minimum Gasteiger partial charge on any atom is -0.397 e. The Bertz CT molecular complexity index is 374. The Kier molecular flexibility index (Phi) is 6.18. The molecule has 0 radical (unpaired) electrons. The first kappa shape index (κ1) is 14.5. The van der Waals surface area contributed by atoms with E-state index in [-0.39, 0.29) is 12.5 Å². The molecular weight excluding hydrogens is 232 g/mol. The smallest absolute Gasteiger partial charge is 0.250 e. The van der Waals surface area contributed by atoms with E-state index < -0.39 is 0 Å². The summed E-state index contributed by atoms with van der Waals surface area (Å²) >= 11 is 0. The quantitative estimate of drug-likeness (QED) is 0.570. The van der Waals surface area contributed by atoms with Crippen molar-refractivity contribution >= 4 is 17.3 Å². The zero-order valence-electron chi connectivity index (χ0n) is 10.9. The normalized spacial score (nSPS) is 10.3. The van der Waals surface area contributed by atoms with Crippen molar-refractivity contribution in [3.63, 3.8) is 0 Å². The van der Waals surface area contributed by atoms with Gasteiger partial charge in [-0.3, -0.25) is 4.79 Å². The SMILES string of the molecule is COCCCOCC(=O)Nc1c(C)cccc1N. The van der Waals surface area contributed by atoms with Crippen molar-refractivity contribution < 1.29 is 14.3 Å². The summed E-state index contributed by atoms with van der Waals surface area (Å²) in [4.78, 5) is 11.6. The van der Waals surface area contributed by atoms with Gasteiger partial charge in [-0.25, -0.2) is 0 Å². The number of para-hydroxylation sites is 1. The van der Waals surface area contributed by atoms with E-state index in [1.807, 2.05) is 19.1 Å². The number of nitrogens with one attached hydrogen (secondary N) is 1. The molecule has 1 amide bonds. The van der Waals surface area contributed by atoms with Crippen molar-refractivity contribution in [3.05, 3.63) is 23.8 Å². The number of carbonyl (C=O) groups is 1. The van der Waals surface area contributed by atoms with Gasteiger partial charge in [0.05, 0.1) is 11.4 Å². The number of nitrogen functional groups attached to an aromatic ring is 1. The Morgan fingerprint density at radius 3 is 2.83 bits per heavy atom.